The molecular weight excluding hydrogens is 342 g/mol. The van der Waals surface area contributed by atoms with Crippen molar-refractivity contribution in [3.63, 3.8) is 0 Å². The third-order valence-corrected chi connectivity index (χ3v) is 3.82. The number of rotatable bonds is 5. The van der Waals surface area contributed by atoms with Crippen molar-refractivity contribution in [1.82, 2.24) is 10.3 Å². The van der Waals surface area contributed by atoms with Crippen LogP contribution in [0.25, 0.3) is 10.9 Å². The number of carbonyl (C=O) groups is 1. The van der Waals surface area contributed by atoms with Crippen LogP contribution in [0.5, 0.6) is 0 Å². The van der Waals surface area contributed by atoms with Crippen LogP contribution in [-0.2, 0) is 11.3 Å². The molecule has 0 saturated heterocycles. The highest BCUT2D eigenvalue weighted by molar-refractivity contribution is 5.89. The van der Waals surface area contributed by atoms with Gasteiger partial charge in [-0.15, -0.1) is 5.10 Å². The van der Waals surface area contributed by atoms with Crippen molar-refractivity contribution >= 4 is 29.0 Å². The smallest absolute Gasteiger partial charge is 0.337 e. The van der Waals surface area contributed by atoms with Gasteiger partial charge in [0.25, 0.3) is 0 Å². The van der Waals surface area contributed by atoms with E-state index in [1.54, 1.807) is 18.3 Å². The van der Waals surface area contributed by atoms with Crippen LogP contribution in [0.2, 0.25) is 0 Å². The van der Waals surface area contributed by atoms with E-state index >= 15 is 0 Å². The third kappa shape index (κ3) is 4.88. The van der Waals surface area contributed by atoms with Crippen LogP contribution in [0.4, 0.5) is 0 Å². The van der Waals surface area contributed by atoms with E-state index in [-0.39, 0.29) is 11.9 Å². The highest BCUT2D eigenvalue weighted by Gasteiger charge is 2.04. The zero-order valence-electron chi connectivity index (χ0n) is 14.8. The number of hydrogen-bond acceptors (Lipinski definition) is 5. The first-order chi connectivity index (χ1) is 13.2. The number of guanidine groups is 1. The minimum atomic E-state index is -0.368. The largest absolute Gasteiger partial charge is 0.465 e. The molecule has 3 N–H and O–H groups in total. The van der Waals surface area contributed by atoms with E-state index in [1.165, 1.54) is 7.11 Å². The first-order valence-electron chi connectivity index (χ1n) is 8.29. The summed E-state index contributed by atoms with van der Waals surface area (Å²) in [4.78, 5) is 15.9. The molecule has 0 radical (unpaired) electrons. The van der Waals surface area contributed by atoms with Crippen LogP contribution in [0.3, 0.4) is 0 Å². The Kier molecular flexibility index (Phi) is 5.73. The lowest BCUT2D eigenvalue weighted by atomic mass is 10.1. The maximum Gasteiger partial charge on any atom is 0.337 e. The summed E-state index contributed by atoms with van der Waals surface area (Å²) in [5, 5.41) is 11.9. The van der Waals surface area contributed by atoms with Crippen molar-refractivity contribution < 1.29 is 9.53 Å². The van der Waals surface area contributed by atoms with E-state index in [0.717, 1.165) is 16.5 Å². The predicted octanol–water partition coefficient (Wildman–Crippen LogP) is 2.46. The first kappa shape index (κ1) is 18.1. The Morgan fingerprint density at radius 3 is 2.70 bits per heavy atom. The number of nitrogens with one attached hydrogen (secondary N) is 1. The Morgan fingerprint density at radius 1 is 1.15 bits per heavy atom. The van der Waals surface area contributed by atoms with E-state index in [4.69, 9.17) is 5.73 Å². The summed E-state index contributed by atoms with van der Waals surface area (Å²) >= 11 is 0. The fourth-order valence-corrected chi connectivity index (χ4v) is 2.41. The Morgan fingerprint density at radius 2 is 1.93 bits per heavy atom. The van der Waals surface area contributed by atoms with E-state index in [2.05, 4.69) is 25.2 Å². The molecular formula is C20H19N5O2. The predicted molar refractivity (Wildman–Crippen MR) is 106 cm³/mol. The molecule has 27 heavy (non-hydrogen) atoms. The number of methoxy groups -OCH3 is 1. The monoisotopic (exact) mass is 361 g/mol. The number of nitrogens with two attached hydrogens (primary N) is 1. The van der Waals surface area contributed by atoms with Gasteiger partial charge in [-0.3, -0.25) is 0 Å². The van der Waals surface area contributed by atoms with Gasteiger partial charge < -0.3 is 15.8 Å². The Balaban J connectivity index is 1.57. The molecule has 0 aliphatic heterocycles. The summed E-state index contributed by atoms with van der Waals surface area (Å²) in [6.45, 7) is 0.459. The molecule has 0 unspecified atom stereocenters. The van der Waals surface area contributed by atoms with E-state index < -0.39 is 0 Å². The van der Waals surface area contributed by atoms with Crippen LogP contribution < -0.4 is 11.1 Å². The summed E-state index contributed by atoms with van der Waals surface area (Å²) in [6.07, 6.45) is 1.55. The Hall–Kier alpha value is -3.74. The number of nitrogens with zero attached hydrogens (tertiary/aromatic N) is 3. The number of carbonyl (C=O) groups excluding carboxylic acids is 1. The maximum atomic E-state index is 11.4. The van der Waals surface area contributed by atoms with Crippen LogP contribution in [0, 0.1) is 0 Å². The van der Waals surface area contributed by atoms with E-state index in [9.17, 15) is 4.79 Å². The number of fused-ring (bicyclic) bond motifs is 1. The van der Waals surface area contributed by atoms with Crippen LogP contribution in [0.1, 0.15) is 21.6 Å². The molecule has 136 valence electrons. The normalized spacial score (nSPS) is 11.7. The van der Waals surface area contributed by atoms with Gasteiger partial charge in [0.15, 0.2) is 0 Å². The zero-order chi connectivity index (χ0) is 19.1. The zero-order valence-corrected chi connectivity index (χ0v) is 14.8. The summed E-state index contributed by atoms with van der Waals surface area (Å²) in [5.74, 6) is -0.184. The second-order valence-corrected chi connectivity index (χ2v) is 5.70. The summed E-state index contributed by atoms with van der Waals surface area (Å²) < 4.78 is 4.66. The van der Waals surface area contributed by atoms with Gasteiger partial charge >= 0.3 is 5.97 Å². The summed E-state index contributed by atoms with van der Waals surface area (Å²) in [5.41, 5.74) is 8.84. The summed E-state index contributed by atoms with van der Waals surface area (Å²) in [6, 6.07) is 18.7. The molecule has 0 atom stereocenters. The van der Waals surface area contributed by atoms with Gasteiger partial charge in [0.1, 0.15) is 0 Å². The van der Waals surface area contributed by atoms with Crippen molar-refractivity contribution in [3.05, 3.63) is 77.5 Å². The fraction of sp³-hybridized carbons (Fsp3) is 0.100. The minimum Gasteiger partial charge on any atom is -0.465 e. The molecule has 1 aromatic heterocycles. The second-order valence-electron chi connectivity index (χ2n) is 5.70. The lowest BCUT2D eigenvalue weighted by Crippen LogP contribution is -2.30. The van der Waals surface area contributed by atoms with Gasteiger partial charge in [0.05, 0.1) is 30.1 Å². The fourth-order valence-electron chi connectivity index (χ4n) is 2.41. The number of esters is 1. The van der Waals surface area contributed by atoms with Gasteiger partial charge in [0.2, 0.25) is 5.96 Å². The lowest BCUT2D eigenvalue weighted by molar-refractivity contribution is 0.0600. The molecule has 2 aromatic carbocycles. The number of pyridine rings is 1. The van der Waals surface area contributed by atoms with Crippen molar-refractivity contribution in [2.45, 2.75) is 6.54 Å². The van der Waals surface area contributed by atoms with Gasteiger partial charge in [-0.2, -0.15) is 5.10 Å². The molecule has 3 aromatic rings. The molecule has 1 heterocycles. The topological polar surface area (TPSA) is 102 Å². The van der Waals surface area contributed by atoms with E-state index in [0.29, 0.717) is 17.8 Å². The molecule has 0 fully saturated rings. The van der Waals surface area contributed by atoms with Gasteiger partial charge in [-0.05, 0) is 29.8 Å². The number of aromatic nitrogens is 1. The number of hydrogen-bond donors (Lipinski definition) is 2. The minimum absolute atomic E-state index is 0.184. The first-order valence-corrected chi connectivity index (χ1v) is 8.29. The highest BCUT2D eigenvalue weighted by atomic mass is 16.5. The summed E-state index contributed by atoms with van der Waals surface area (Å²) in [7, 11) is 1.35. The lowest BCUT2D eigenvalue weighted by Gasteiger charge is -2.05. The Labute approximate surface area is 156 Å². The average molecular weight is 361 g/mol. The van der Waals surface area contributed by atoms with Crippen molar-refractivity contribution in [1.29, 1.82) is 0 Å². The maximum absolute atomic E-state index is 11.4. The molecule has 0 aliphatic carbocycles. The van der Waals surface area contributed by atoms with Gasteiger partial charge in [-0.25, -0.2) is 9.78 Å². The van der Waals surface area contributed by atoms with Crippen LogP contribution in [-0.4, -0.2) is 30.2 Å². The molecule has 3 rings (SSSR count). The highest BCUT2D eigenvalue weighted by Crippen LogP contribution is 2.10. The molecule has 0 amide bonds. The standard InChI is InChI=1S/C20H19N5O2/c1-27-19(26)16-8-6-14(7-9-16)12-22-20(21)25-23-13-17-11-10-15-4-2-3-5-18(15)24-17/h2-11,13H,12H2,1H3,(H3,21,22,25). The number of benzene rings is 2. The van der Waals surface area contributed by atoms with E-state index in [1.807, 2.05) is 48.5 Å². The average Bonchev–Trinajstić information content (AvgIpc) is 2.72. The van der Waals surface area contributed by atoms with Crippen molar-refractivity contribution in [3.8, 4) is 0 Å². The number of ether oxygens (including phenoxy) is 1. The molecule has 7 heteroatoms. The van der Waals surface area contributed by atoms with Crippen LogP contribution in [0.15, 0.2) is 70.9 Å². The molecule has 0 aliphatic rings. The second kappa shape index (κ2) is 8.57. The van der Waals surface area contributed by atoms with Crippen LogP contribution >= 0.6 is 0 Å². The number of para-hydroxylation sites is 1. The third-order valence-electron chi connectivity index (χ3n) is 3.82. The quantitative estimate of drug-likeness (QED) is 0.315. The molecule has 0 spiro atoms. The van der Waals surface area contributed by atoms with Gasteiger partial charge in [-0.1, -0.05) is 36.4 Å². The molecule has 0 bridgehead atoms. The van der Waals surface area contributed by atoms with Gasteiger partial charge in [0, 0.05) is 11.9 Å². The Bertz CT molecular complexity index is 997. The molecule has 7 nitrogen and oxygen atoms in total. The van der Waals surface area contributed by atoms with Crippen molar-refractivity contribution in [2.24, 2.45) is 15.9 Å². The molecule has 0 saturated carbocycles. The van der Waals surface area contributed by atoms with Crippen molar-refractivity contribution in [2.75, 3.05) is 7.11 Å². The SMILES string of the molecule is COC(=O)c1ccc(CNC(N)=NN=Cc2ccc3ccccc3n2)cc1.